The van der Waals surface area contributed by atoms with E-state index in [4.69, 9.17) is 28.4 Å². The number of para-hydroxylation sites is 1. The molecule has 368 valence electrons. The van der Waals surface area contributed by atoms with Crippen LogP contribution in [0, 0.1) is 29.6 Å². The number of hydrogen-bond acceptors (Lipinski definition) is 14. The third-order valence-corrected chi connectivity index (χ3v) is 14.2. The lowest BCUT2D eigenvalue weighted by molar-refractivity contribution is -0.302. The van der Waals surface area contributed by atoms with Crippen LogP contribution in [0.2, 0.25) is 0 Å². The summed E-state index contributed by atoms with van der Waals surface area (Å²) in [6.07, 6.45) is 2.42. The molecule has 16 nitrogen and oxygen atoms in total. The molecule has 2 amide bonds. The molecule has 0 radical (unpaired) electrons. The van der Waals surface area contributed by atoms with E-state index in [-0.39, 0.29) is 43.4 Å². The molecule has 5 rings (SSSR count). The highest BCUT2D eigenvalue weighted by molar-refractivity contribution is 6.39. The number of nitrogens with one attached hydrogen (secondary N) is 2. The third-order valence-electron chi connectivity index (χ3n) is 14.2. The van der Waals surface area contributed by atoms with Gasteiger partial charge in [-0.15, -0.1) is 0 Å². The van der Waals surface area contributed by atoms with Crippen molar-refractivity contribution in [3.05, 3.63) is 53.6 Å². The molecule has 2 saturated heterocycles. The van der Waals surface area contributed by atoms with Crippen molar-refractivity contribution in [3.63, 3.8) is 0 Å². The first kappa shape index (κ1) is 52.8. The summed E-state index contributed by atoms with van der Waals surface area (Å²) in [6.45, 7) is 11.2. The van der Waals surface area contributed by atoms with Crippen molar-refractivity contribution in [1.82, 2.24) is 10.3 Å². The molecule has 16 heteroatoms. The maximum absolute atomic E-state index is 14.5. The van der Waals surface area contributed by atoms with Crippen LogP contribution >= 0.6 is 0 Å². The quantitative estimate of drug-likeness (QED) is 0.0937. The van der Waals surface area contributed by atoms with E-state index in [1.807, 2.05) is 51.1 Å². The van der Waals surface area contributed by atoms with Crippen molar-refractivity contribution in [3.8, 4) is 0 Å². The Balaban J connectivity index is 1.44. The number of amides is 2. The number of aliphatic hydroxyl groups excluding tert-OH is 1. The van der Waals surface area contributed by atoms with Crippen LogP contribution in [0.25, 0.3) is 0 Å². The van der Waals surface area contributed by atoms with Gasteiger partial charge in [-0.1, -0.05) is 63.6 Å². The minimum absolute atomic E-state index is 0.0145. The van der Waals surface area contributed by atoms with E-state index in [1.165, 1.54) is 19.1 Å². The molecule has 14 atom stereocenters. The number of Topliss-reactive ketones (excluding diaryl/α,β-unsaturated/α-hetero) is 2. The van der Waals surface area contributed by atoms with Gasteiger partial charge in [0.1, 0.15) is 30.1 Å². The maximum Gasteiger partial charge on any atom is 0.426 e. The van der Waals surface area contributed by atoms with Gasteiger partial charge < -0.3 is 43.5 Å². The Bertz CT molecular complexity index is 1880. The van der Waals surface area contributed by atoms with Gasteiger partial charge in [0.25, 0.3) is 11.7 Å². The number of ketones is 2. The molecule has 1 aliphatic carbocycles. The summed E-state index contributed by atoms with van der Waals surface area (Å²) in [5, 5.41) is 23.9. The average Bonchev–Trinajstić information content (AvgIpc) is 3.31. The number of methoxy groups -OCH3 is 3. The smallest absolute Gasteiger partial charge is 0.426 e. The van der Waals surface area contributed by atoms with Gasteiger partial charge in [-0.05, 0) is 108 Å². The number of anilines is 1. The Morgan fingerprint density at radius 3 is 2.26 bits per heavy atom. The molecular weight excluding hydrogens is 851 g/mol. The fourth-order valence-corrected chi connectivity index (χ4v) is 10.3. The predicted molar refractivity (Wildman–Crippen MR) is 246 cm³/mol. The minimum atomic E-state index is -2.53. The standard InChI is InChI=1S/C50H75N3O13/c1-10-35-23-29(2)22-30(3)24-42(62-8)45-43(63-9)26-32(5)50(60,66-45)46(56)47(57)53-21-15-14-18-37(53)48(58)65-44(33(6)38(54)28-39(35)55)31(4)25-34-19-20-40(41(27-34)61-7)64-49(59)52-51-36-16-12-11-13-17-36/h11-13,16-17,23,25,30,32-35,37-38,40-45,51,54,60H,10,14-15,18-22,24,26-28H2,1-9H3,(H,52,59). The number of rotatable bonds is 9. The molecule has 66 heavy (non-hydrogen) atoms. The SMILES string of the molecule is CCC1C=C(C)CC(C)CC(OC)C2OC(O)(C(=O)C(=O)N3CCCCC3C(=O)OC(C(C)=CC3CCC(OC(=O)NNc4ccccc4)C(OC)C3)C(C)C(O)CC1=O)C(C)CC2OC. The number of benzene rings is 1. The molecular formula is C50H75N3O13. The number of fused-ring (bicyclic) bond motifs is 3. The zero-order valence-corrected chi connectivity index (χ0v) is 40.4. The molecule has 4 N–H and O–H groups in total. The van der Waals surface area contributed by atoms with Crippen LogP contribution in [0.3, 0.4) is 0 Å². The van der Waals surface area contributed by atoms with E-state index in [2.05, 4.69) is 10.9 Å². The van der Waals surface area contributed by atoms with Crippen molar-refractivity contribution in [2.45, 2.75) is 167 Å². The van der Waals surface area contributed by atoms with E-state index in [1.54, 1.807) is 40.0 Å². The molecule has 2 bridgehead atoms. The summed E-state index contributed by atoms with van der Waals surface area (Å²) in [6, 6.07) is 7.97. The van der Waals surface area contributed by atoms with E-state index < -0.39 is 96.1 Å². The fraction of sp³-hybridized carbons (Fsp3) is 0.700. The number of ether oxygens (including phenoxy) is 6. The second-order valence-corrected chi connectivity index (χ2v) is 19.1. The van der Waals surface area contributed by atoms with Gasteiger partial charge in [0.2, 0.25) is 5.79 Å². The molecule has 14 unspecified atom stereocenters. The summed E-state index contributed by atoms with van der Waals surface area (Å²) in [5.74, 6) is -7.85. The molecule has 3 heterocycles. The number of cyclic esters (lactones) is 1. The van der Waals surface area contributed by atoms with Crippen LogP contribution in [-0.2, 0) is 47.6 Å². The second kappa shape index (κ2) is 24.2. The summed E-state index contributed by atoms with van der Waals surface area (Å²) in [5.41, 5.74) is 7.68. The topological polar surface area (TPSA) is 208 Å². The molecule has 0 aromatic heterocycles. The average molecular weight is 926 g/mol. The maximum atomic E-state index is 14.5. The fourth-order valence-electron chi connectivity index (χ4n) is 10.3. The highest BCUT2D eigenvalue weighted by atomic mass is 16.7. The number of hydrogen-bond donors (Lipinski definition) is 4. The lowest BCUT2D eigenvalue weighted by Gasteiger charge is -2.47. The molecule has 3 aliphatic heterocycles. The number of carbonyl (C=O) groups excluding carboxylic acids is 5. The van der Waals surface area contributed by atoms with Crippen LogP contribution in [0.5, 0.6) is 0 Å². The van der Waals surface area contributed by atoms with Crippen molar-refractivity contribution >= 4 is 35.2 Å². The molecule has 1 aromatic rings. The van der Waals surface area contributed by atoms with E-state index >= 15 is 0 Å². The van der Waals surface area contributed by atoms with Crippen LogP contribution in [0.4, 0.5) is 10.5 Å². The van der Waals surface area contributed by atoms with Gasteiger partial charge in [0.05, 0.1) is 30.1 Å². The highest BCUT2D eigenvalue weighted by Gasteiger charge is 2.56. The Morgan fingerprint density at radius 2 is 1.59 bits per heavy atom. The summed E-state index contributed by atoms with van der Waals surface area (Å²) in [4.78, 5) is 71.1. The monoisotopic (exact) mass is 926 g/mol. The van der Waals surface area contributed by atoms with Crippen LogP contribution < -0.4 is 10.9 Å². The number of carbonyl (C=O) groups is 5. The number of aliphatic hydroxyl groups is 2. The van der Waals surface area contributed by atoms with Gasteiger partial charge in [-0.2, -0.15) is 0 Å². The zero-order chi connectivity index (χ0) is 48.3. The zero-order valence-electron chi connectivity index (χ0n) is 40.4. The number of esters is 1. The van der Waals surface area contributed by atoms with Gasteiger partial charge in [0.15, 0.2) is 0 Å². The Kier molecular flexibility index (Phi) is 19.4. The number of allylic oxidation sites excluding steroid dienone is 3. The summed E-state index contributed by atoms with van der Waals surface area (Å²) < 4.78 is 35.9. The van der Waals surface area contributed by atoms with Crippen LogP contribution in [0.15, 0.2) is 53.6 Å². The first-order valence-electron chi connectivity index (χ1n) is 23.8. The van der Waals surface area contributed by atoms with Crippen LogP contribution in [-0.4, -0.2) is 127 Å². The number of hydrazine groups is 1. The molecule has 1 aromatic carbocycles. The van der Waals surface area contributed by atoms with Gasteiger partial charge >= 0.3 is 12.1 Å². The summed E-state index contributed by atoms with van der Waals surface area (Å²) >= 11 is 0. The van der Waals surface area contributed by atoms with E-state index in [9.17, 15) is 34.2 Å². The Labute approximate surface area is 390 Å². The second-order valence-electron chi connectivity index (χ2n) is 19.1. The number of piperidine rings is 1. The Morgan fingerprint density at radius 1 is 0.909 bits per heavy atom. The minimum Gasteiger partial charge on any atom is -0.456 e. The summed E-state index contributed by atoms with van der Waals surface area (Å²) in [7, 11) is 4.61. The molecule has 0 spiro atoms. The molecule has 1 saturated carbocycles. The van der Waals surface area contributed by atoms with Crippen molar-refractivity contribution in [2.75, 3.05) is 33.3 Å². The first-order valence-corrected chi connectivity index (χ1v) is 23.8. The van der Waals surface area contributed by atoms with E-state index in [0.29, 0.717) is 62.6 Å². The van der Waals surface area contributed by atoms with Gasteiger partial charge in [0, 0.05) is 52.0 Å². The van der Waals surface area contributed by atoms with Crippen molar-refractivity contribution in [1.29, 1.82) is 0 Å². The van der Waals surface area contributed by atoms with Crippen molar-refractivity contribution < 1.29 is 62.6 Å². The van der Waals surface area contributed by atoms with E-state index in [0.717, 1.165) is 5.57 Å². The first-order chi connectivity index (χ1) is 31.4. The van der Waals surface area contributed by atoms with Gasteiger partial charge in [-0.3, -0.25) is 19.8 Å². The predicted octanol–water partition coefficient (Wildman–Crippen LogP) is 6.23. The Hall–Kier alpha value is -4.19. The number of nitrogens with zero attached hydrogens (tertiary/aromatic N) is 1. The normalized spacial score (nSPS) is 36.0. The third kappa shape index (κ3) is 13.1. The van der Waals surface area contributed by atoms with Crippen molar-refractivity contribution in [2.24, 2.45) is 29.6 Å². The van der Waals surface area contributed by atoms with Gasteiger partial charge in [-0.25, -0.2) is 15.0 Å². The van der Waals surface area contributed by atoms with Crippen LogP contribution in [0.1, 0.15) is 112 Å². The lowest BCUT2D eigenvalue weighted by atomic mass is 9.81. The molecule has 4 aliphatic rings. The molecule has 3 fully saturated rings. The highest BCUT2D eigenvalue weighted by Crippen LogP contribution is 2.39. The largest absolute Gasteiger partial charge is 0.456 e. The lowest BCUT2D eigenvalue weighted by Crippen LogP contribution is -2.64.